The highest BCUT2D eigenvalue weighted by atomic mass is 35.5. The molecule has 0 atom stereocenters. The highest BCUT2D eigenvalue weighted by molar-refractivity contribution is 8.01. The predicted molar refractivity (Wildman–Crippen MR) is 99.1 cm³/mol. The number of nitrogens with zero attached hydrogens (tertiary/aromatic N) is 1. The van der Waals surface area contributed by atoms with E-state index in [-0.39, 0.29) is 0 Å². The summed E-state index contributed by atoms with van der Waals surface area (Å²) in [5, 5.41) is 3.47. The molecular formula is C17H16ClNS2. The van der Waals surface area contributed by atoms with Crippen LogP contribution in [0.25, 0.3) is 0 Å². The maximum Gasteiger partial charge on any atom is 0.0941 e. The van der Waals surface area contributed by atoms with E-state index >= 15 is 0 Å². The zero-order valence-corrected chi connectivity index (χ0v) is 14.1. The molecule has 0 spiro atoms. The third-order valence-corrected chi connectivity index (χ3v) is 4.08. The van der Waals surface area contributed by atoms with Crippen molar-refractivity contribution < 1.29 is 0 Å². The second-order valence-electron chi connectivity index (χ2n) is 4.55. The van der Waals surface area contributed by atoms with E-state index in [2.05, 4.69) is 24.5 Å². The molecule has 0 aliphatic carbocycles. The van der Waals surface area contributed by atoms with E-state index in [0.717, 1.165) is 16.5 Å². The molecule has 1 nitrogen and oxygen atoms in total. The Morgan fingerprint density at radius 1 is 1.14 bits per heavy atom. The van der Waals surface area contributed by atoms with Crippen molar-refractivity contribution in [1.82, 2.24) is 0 Å². The summed E-state index contributed by atoms with van der Waals surface area (Å²) in [6.07, 6.45) is 1.91. The number of hydrogen-bond acceptors (Lipinski definition) is 2. The SMILES string of the molecule is Cc1ccc(N=C(S)C=CSCc2ccc(Cl)cc2)cc1. The molecular weight excluding hydrogens is 318 g/mol. The van der Waals surface area contributed by atoms with Gasteiger partial charge in [0.05, 0.1) is 10.7 Å². The second-order valence-corrected chi connectivity index (χ2v) is 6.33. The van der Waals surface area contributed by atoms with Gasteiger partial charge < -0.3 is 0 Å². The Kier molecular flexibility index (Phi) is 6.43. The first-order chi connectivity index (χ1) is 10.1. The van der Waals surface area contributed by atoms with E-state index in [0.29, 0.717) is 5.04 Å². The Bertz CT molecular complexity index is 631. The molecule has 21 heavy (non-hydrogen) atoms. The van der Waals surface area contributed by atoms with Crippen molar-refractivity contribution >= 4 is 46.7 Å². The van der Waals surface area contributed by atoms with Gasteiger partial charge in [0.15, 0.2) is 0 Å². The Morgan fingerprint density at radius 2 is 1.81 bits per heavy atom. The van der Waals surface area contributed by atoms with Crippen molar-refractivity contribution in [2.75, 3.05) is 0 Å². The summed E-state index contributed by atoms with van der Waals surface area (Å²) in [5.74, 6) is 0.902. The van der Waals surface area contributed by atoms with E-state index in [1.165, 1.54) is 11.1 Å². The quantitative estimate of drug-likeness (QED) is 0.399. The fraction of sp³-hybridized carbons (Fsp3) is 0.118. The lowest BCUT2D eigenvalue weighted by Gasteiger charge is -1.98. The molecule has 0 aliphatic heterocycles. The first-order valence-corrected chi connectivity index (χ1v) is 8.38. The van der Waals surface area contributed by atoms with E-state index in [4.69, 9.17) is 11.6 Å². The lowest BCUT2D eigenvalue weighted by atomic mass is 10.2. The van der Waals surface area contributed by atoms with Crippen LogP contribution in [0.15, 0.2) is 65.0 Å². The van der Waals surface area contributed by atoms with Crippen LogP contribution < -0.4 is 0 Å². The van der Waals surface area contributed by atoms with Crippen LogP contribution >= 0.6 is 36.0 Å². The van der Waals surface area contributed by atoms with E-state index in [9.17, 15) is 0 Å². The fourth-order valence-corrected chi connectivity index (χ4v) is 2.75. The lowest BCUT2D eigenvalue weighted by Crippen LogP contribution is -1.80. The van der Waals surface area contributed by atoms with Crippen molar-refractivity contribution in [3.05, 3.63) is 76.2 Å². The van der Waals surface area contributed by atoms with Crippen LogP contribution in [-0.4, -0.2) is 5.04 Å². The maximum atomic E-state index is 5.85. The molecule has 0 heterocycles. The molecule has 0 unspecified atom stereocenters. The van der Waals surface area contributed by atoms with Crippen LogP contribution in [0.2, 0.25) is 5.02 Å². The smallest absolute Gasteiger partial charge is 0.0941 e. The van der Waals surface area contributed by atoms with Gasteiger partial charge in [0, 0.05) is 10.8 Å². The highest BCUT2D eigenvalue weighted by Gasteiger charge is 1.93. The summed E-state index contributed by atoms with van der Waals surface area (Å²) in [6.45, 7) is 2.06. The van der Waals surface area contributed by atoms with Gasteiger partial charge in [-0.15, -0.1) is 24.4 Å². The number of thioether (sulfide) groups is 1. The Labute approximate surface area is 140 Å². The Balaban J connectivity index is 1.85. The second kappa shape index (κ2) is 8.32. The third kappa shape index (κ3) is 6.00. The van der Waals surface area contributed by atoms with Crippen LogP contribution in [0, 0.1) is 6.92 Å². The van der Waals surface area contributed by atoms with Crippen molar-refractivity contribution in [2.45, 2.75) is 12.7 Å². The number of aliphatic imine (C=N–C) groups is 1. The molecule has 0 aliphatic rings. The van der Waals surface area contributed by atoms with Crippen LogP contribution in [0.5, 0.6) is 0 Å². The van der Waals surface area contributed by atoms with Crippen molar-refractivity contribution in [1.29, 1.82) is 0 Å². The number of rotatable bonds is 5. The lowest BCUT2D eigenvalue weighted by molar-refractivity contribution is 1.42. The van der Waals surface area contributed by atoms with Gasteiger partial charge in [0.1, 0.15) is 0 Å². The Hall–Kier alpha value is -1.16. The minimum atomic E-state index is 0.697. The number of hydrogen-bond donors (Lipinski definition) is 1. The maximum absolute atomic E-state index is 5.85. The minimum Gasteiger partial charge on any atom is -0.242 e. The van der Waals surface area contributed by atoms with Crippen LogP contribution in [0.3, 0.4) is 0 Å². The first-order valence-electron chi connectivity index (χ1n) is 6.50. The van der Waals surface area contributed by atoms with E-state index < -0.39 is 0 Å². The summed E-state index contributed by atoms with van der Waals surface area (Å²) in [6, 6.07) is 15.9. The molecule has 4 heteroatoms. The van der Waals surface area contributed by atoms with Gasteiger partial charge in [-0.25, -0.2) is 4.99 Å². The van der Waals surface area contributed by atoms with Crippen LogP contribution in [0.1, 0.15) is 11.1 Å². The molecule has 0 saturated carbocycles. The predicted octanol–water partition coefficient (Wildman–Crippen LogP) is 6.06. The standard InChI is InChI=1S/C17H16ClNS2/c1-13-2-8-16(9-3-13)19-17(20)10-11-21-12-14-4-6-15(18)7-5-14/h2-11H,12H2,1H3,(H,19,20). The largest absolute Gasteiger partial charge is 0.242 e. The van der Waals surface area contributed by atoms with Gasteiger partial charge in [-0.2, -0.15) is 0 Å². The molecule has 0 bridgehead atoms. The van der Waals surface area contributed by atoms with Crippen LogP contribution in [0.4, 0.5) is 5.69 Å². The van der Waals surface area contributed by atoms with Gasteiger partial charge in [0.2, 0.25) is 0 Å². The summed E-state index contributed by atoms with van der Waals surface area (Å²) >= 11 is 11.9. The molecule has 0 amide bonds. The zero-order chi connectivity index (χ0) is 15.1. The van der Waals surface area contributed by atoms with Gasteiger partial charge in [-0.1, -0.05) is 41.4 Å². The average molecular weight is 334 g/mol. The molecule has 2 aromatic rings. The average Bonchev–Trinajstić information content (AvgIpc) is 2.48. The number of halogens is 1. The van der Waals surface area contributed by atoms with E-state index in [1.807, 2.05) is 60.0 Å². The van der Waals surface area contributed by atoms with Gasteiger partial charge >= 0.3 is 0 Å². The minimum absolute atomic E-state index is 0.697. The molecule has 0 fully saturated rings. The summed E-state index contributed by atoms with van der Waals surface area (Å²) in [5.41, 5.74) is 3.38. The summed E-state index contributed by atoms with van der Waals surface area (Å²) in [4.78, 5) is 4.42. The van der Waals surface area contributed by atoms with Crippen molar-refractivity contribution in [3.8, 4) is 0 Å². The fourth-order valence-electron chi connectivity index (χ4n) is 1.62. The highest BCUT2D eigenvalue weighted by Crippen LogP contribution is 2.17. The van der Waals surface area contributed by atoms with E-state index in [1.54, 1.807) is 11.8 Å². The molecule has 0 N–H and O–H groups in total. The third-order valence-electron chi connectivity index (χ3n) is 2.75. The molecule has 0 saturated heterocycles. The van der Waals surface area contributed by atoms with Gasteiger partial charge in [0.25, 0.3) is 0 Å². The number of benzene rings is 2. The number of aryl methyl sites for hydroxylation is 1. The Morgan fingerprint density at radius 3 is 2.48 bits per heavy atom. The molecule has 108 valence electrons. The molecule has 2 rings (SSSR count). The first kappa shape index (κ1) is 16.2. The zero-order valence-electron chi connectivity index (χ0n) is 11.7. The normalized spacial score (nSPS) is 12.0. The molecule has 0 radical (unpaired) electrons. The van der Waals surface area contributed by atoms with Gasteiger partial charge in [-0.3, -0.25) is 0 Å². The topological polar surface area (TPSA) is 12.4 Å². The molecule has 0 aromatic heterocycles. The van der Waals surface area contributed by atoms with Crippen LogP contribution in [-0.2, 0) is 5.75 Å². The van der Waals surface area contributed by atoms with Crippen molar-refractivity contribution in [2.24, 2.45) is 4.99 Å². The van der Waals surface area contributed by atoms with Gasteiger partial charge in [-0.05, 0) is 48.2 Å². The number of thiol groups is 1. The monoisotopic (exact) mass is 333 g/mol. The van der Waals surface area contributed by atoms with Crippen molar-refractivity contribution in [3.63, 3.8) is 0 Å². The molecule has 2 aromatic carbocycles. The summed E-state index contributed by atoms with van der Waals surface area (Å²) < 4.78 is 0. The summed E-state index contributed by atoms with van der Waals surface area (Å²) in [7, 11) is 0.